The number of benzene rings is 1. The van der Waals surface area contributed by atoms with Gasteiger partial charge in [0.15, 0.2) is 0 Å². The van der Waals surface area contributed by atoms with Gasteiger partial charge < -0.3 is 5.32 Å². The van der Waals surface area contributed by atoms with Crippen molar-refractivity contribution in [2.75, 3.05) is 10.0 Å². The summed E-state index contributed by atoms with van der Waals surface area (Å²) in [7, 11) is -3.64. The molecule has 1 heterocycles. The molecule has 1 aromatic heterocycles. The third-order valence-corrected chi connectivity index (χ3v) is 6.28. The van der Waals surface area contributed by atoms with E-state index in [0.29, 0.717) is 16.6 Å². The number of hydrogen-bond acceptors (Lipinski definition) is 4. The molecule has 2 aromatic rings. The number of nitrogens with zero attached hydrogens (tertiary/aromatic N) is 1. The van der Waals surface area contributed by atoms with Gasteiger partial charge in [0, 0.05) is 6.04 Å². The molecule has 0 atom stereocenters. The highest BCUT2D eigenvalue weighted by Gasteiger charge is 2.20. The minimum absolute atomic E-state index is 0.339. The van der Waals surface area contributed by atoms with Crippen LogP contribution in [0.1, 0.15) is 42.4 Å². The molecular weight excluding hydrogens is 334 g/mol. The summed E-state index contributed by atoms with van der Waals surface area (Å²) >= 11 is 0. The lowest BCUT2D eigenvalue weighted by atomic mass is 10.1. The molecule has 1 fully saturated rings. The molecule has 25 heavy (non-hydrogen) atoms. The molecule has 6 heteroatoms. The number of pyridine rings is 1. The second kappa shape index (κ2) is 7.04. The maximum Gasteiger partial charge on any atom is 0.262 e. The van der Waals surface area contributed by atoms with Gasteiger partial charge in [-0.2, -0.15) is 0 Å². The summed E-state index contributed by atoms with van der Waals surface area (Å²) in [6.45, 7) is 5.60. The number of aromatic nitrogens is 1. The van der Waals surface area contributed by atoms with E-state index >= 15 is 0 Å². The molecule has 0 saturated heterocycles. The molecule has 1 aliphatic rings. The zero-order chi connectivity index (χ0) is 18.0. The van der Waals surface area contributed by atoms with Gasteiger partial charge in [0.2, 0.25) is 0 Å². The zero-order valence-corrected chi connectivity index (χ0v) is 15.8. The second-order valence-electron chi connectivity index (χ2n) is 6.89. The van der Waals surface area contributed by atoms with Crippen LogP contribution in [0.25, 0.3) is 0 Å². The fraction of sp³-hybridized carbons (Fsp3) is 0.421. The number of sulfonamides is 1. The van der Waals surface area contributed by atoms with Crippen LogP contribution < -0.4 is 10.0 Å². The van der Waals surface area contributed by atoms with Crippen molar-refractivity contribution >= 4 is 21.5 Å². The SMILES string of the molecule is Cc1cc(C)c(S(=O)(=O)Nc2ccc(NC3CCCC3)nc2)c(C)c1. The third kappa shape index (κ3) is 4.12. The minimum Gasteiger partial charge on any atom is -0.367 e. The Bertz CT molecular complexity index is 832. The van der Waals surface area contributed by atoms with Crippen molar-refractivity contribution in [3.8, 4) is 0 Å². The monoisotopic (exact) mass is 359 g/mol. The Labute approximate surface area is 149 Å². The highest BCUT2D eigenvalue weighted by Crippen LogP contribution is 2.25. The fourth-order valence-electron chi connectivity index (χ4n) is 3.62. The standard InChI is InChI=1S/C19H25N3O2S/c1-13-10-14(2)19(15(3)11-13)25(23,24)22-17-8-9-18(20-12-17)21-16-6-4-5-7-16/h8-12,16,22H,4-7H2,1-3H3,(H,20,21). The molecular formula is C19H25N3O2S. The van der Waals surface area contributed by atoms with Crippen LogP contribution in [0.3, 0.4) is 0 Å². The van der Waals surface area contributed by atoms with Crippen molar-refractivity contribution in [2.24, 2.45) is 0 Å². The van der Waals surface area contributed by atoms with Crippen molar-refractivity contribution in [3.63, 3.8) is 0 Å². The number of hydrogen-bond donors (Lipinski definition) is 2. The predicted octanol–water partition coefficient (Wildman–Crippen LogP) is 4.16. The lowest BCUT2D eigenvalue weighted by Crippen LogP contribution is -2.17. The van der Waals surface area contributed by atoms with Crippen LogP contribution in [-0.4, -0.2) is 19.4 Å². The summed E-state index contributed by atoms with van der Waals surface area (Å²) in [5.41, 5.74) is 3.02. The van der Waals surface area contributed by atoms with E-state index in [2.05, 4.69) is 15.0 Å². The number of anilines is 2. The van der Waals surface area contributed by atoms with Crippen molar-refractivity contribution in [3.05, 3.63) is 47.2 Å². The van der Waals surface area contributed by atoms with E-state index in [1.165, 1.54) is 25.7 Å². The van der Waals surface area contributed by atoms with E-state index in [1.807, 2.05) is 39.0 Å². The first-order valence-electron chi connectivity index (χ1n) is 8.68. The number of rotatable bonds is 5. The first-order chi connectivity index (χ1) is 11.8. The molecule has 0 radical (unpaired) electrons. The normalized spacial score (nSPS) is 15.3. The van der Waals surface area contributed by atoms with E-state index in [4.69, 9.17) is 0 Å². The first kappa shape index (κ1) is 17.7. The fourth-order valence-corrected chi connectivity index (χ4v) is 5.11. The molecule has 3 rings (SSSR count). The molecule has 1 saturated carbocycles. The van der Waals surface area contributed by atoms with Crippen molar-refractivity contribution in [1.29, 1.82) is 0 Å². The van der Waals surface area contributed by atoms with Gasteiger partial charge in [-0.1, -0.05) is 30.5 Å². The third-order valence-electron chi connectivity index (χ3n) is 4.60. The minimum atomic E-state index is -3.64. The van der Waals surface area contributed by atoms with E-state index in [1.54, 1.807) is 12.3 Å². The molecule has 0 unspecified atom stereocenters. The van der Waals surface area contributed by atoms with Crippen LogP contribution in [0.2, 0.25) is 0 Å². The average Bonchev–Trinajstić information content (AvgIpc) is 3.00. The smallest absolute Gasteiger partial charge is 0.262 e. The Balaban J connectivity index is 1.77. The van der Waals surface area contributed by atoms with Crippen molar-refractivity contribution < 1.29 is 8.42 Å². The number of nitrogens with one attached hydrogen (secondary N) is 2. The second-order valence-corrected chi connectivity index (χ2v) is 8.51. The topological polar surface area (TPSA) is 71.1 Å². The van der Waals surface area contributed by atoms with Crippen LogP contribution in [0.15, 0.2) is 35.4 Å². The van der Waals surface area contributed by atoms with Gasteiger partial charge in [-0.3, -0.25) is 4.72 Å². The molecule has 2 N–H and O–H groups in total. The van der Waals surface area contributed by atoms with E-state index in [0.717, 1.165) is 22.5 Å². The lowest BCUT2D eigenvalue weighted by molar-refractivity contribution is 0.600. The van der Waals surface area contributed by atoms with Crippen LogP contribution in [0.4, 0.5) is 11.5 Å². The molecule has 134 valence electrons. The summed E-state index contributed by atoms with van der Waals surface area (Å²) in [6.07, 6.45) is 6.41. The molecule has 0 spiro atoms. The maximum atomic E-state index is 12.8. The summed E-state index contributed by atoms with van der Waals surface area (Å²) in [5.74, 6) is 0.789. The van der Waals surface area contributed by atoms with Gasteiger partial charge in [-0.05, 0) is 56.9 Å². The molecule has 1 aromatic carbocycles. The molecule has 0 aliphatic heterocycles. The Morgan fingerprint density at radius 2 is 1.68 bits per heavy atom. The molecule has 1 aliphatic carbocycles. The first-order valence-corrected chi connectivity index (χ1v) is 10.2. The zero-order valence-electron chi connectivity index (χ0n) is 15.0. The average molecular weight is 359 g/mol. The Kier molecular flexibility index (Phi) is 4.99. The lowest BCUT2D eigenvalue weighted by Gasteiger charge is -2.15. The Hall–Kier alpha value is -2.08. The molecule has 0 amide bonds. The summed E-state index contributed by atoms with van der Waals surface area (Å²) in [5, 5.41) is 3.40. The van der Waals surface area contributed by atoms with Gasteiger partial charge in [0.25, 0.3) is 10.0 Å². The summed E-state index contributed by atoms with van der Waals surface area (Å²) < 4.78 is 28.2. The maximum absolute atomic E-state index is 12.8. The predicted molar refractivity (Wildman–Crippen MR) is 102 cm³/mol. The van der Waals surface area contributed by atoms with Gasteiger partial charge in [-0.15, -0.1) is 0 Å². The Morgan fingerprint density at radius 1 is 1.04 bits per heavy atom. The van der Waals surface area contributed by atoms with Crippen LogP contribution in [0, 0.1) is 20.8 Å². The molecule has 0 bridgehead atoms. The molecule has 5 nitrogen and oxygen atoms in total. The van der Waals surface area contributed by atoms with E-state index in [9.17, 15) is 8.42 Å². The summed E-state index contributed by atoms with van der Waals surface area (Å²) in [6, 6.07) is 7.82. The highest BCUT2D eigenvalue weighted by atomic mass is 32.2. The van der Waals surface area contributed by atoms with E-state index in [-0.39, 0.29) is 0 Å². The summed E-state index contributed by atoms with van der Waals surface area (Å²) in [4.78, 5) is 4.68. The van der Waals surface area contributed by atoms with Gasteiger partial charge >= 0.3 is 0 Å². The highest BCUT2D eigenvalue weighted by molar-refractivity contribution is 7.92. The van der Waals surface area contributed by atoms with Gasteiger partial charge in [0.1, 0.15) is 5.82 Å². The van der Waals surface area contributed by atoms with Crippen molar-refractivity contribution in [1.82, 2.24) is 4.98 Å². The van der Waals surface area contributed by atoms with Gasteiger partial charge in [0.05, 0.1) is 16.8 Å². The van der Waals surface area contributed by atoms with E-state index < -0.39 is 10.0 Å². The quantitative estimate of drug-likeness (QED) is 0.841. The van der Waals surface area contributed by atoms with Crippen molar-refractivity contribution in [2.45, 2.75) is 57.4 Å². The van der Waals surface area contributed by atoms with Crippen LogP contribution in [-0.2, 0) is 10.0 Å². The largest absolute Gasteiger partial charge is 0.367 e. The van der Waals surface area contributed by atoms with Crippen LogP contribution in [0.5, 0.6) is 0 Å². The number of aryl methyl sites for hydroxylation is 3. The Morgan fingerprint density at radius 3 is 2.24 bits per heavy atom. The van der Waals surface area contributed by atoms with Gasteiger partial charge in [-0.25, -0.2) is 13.4 Å². The van der Waals surface area contributed by atoms with Crippen LogP contribution >= 0.6 is 0 Å².